The van der Waals surface area contributed by atoms with E-state index in [1.165, 1.54) is 0 Å². The molecule has 0 heterocycles. The maximum Gasteiger partial charge on any atom is 0.338 e. The summed E-state index contributed by atoms with van der Waals surface area (Å²) in [6, 6.07) is 13.8. The summed E-state index contributed by atoms with van der Waals surface area (Å²) in [5.74, 6) is -0.693. The van der Waals surface area contributed by atoms with Gasteiger partial charge in [0.05, 0.1) is 5.56 Å². The molecule has 0 unspecified atom stereocenters. The molecule has 1 amide bonds. The third-order valence-corrected chi connectivity index (χ3v) is 4.89. The number of esters is 1. The van der Waals surface area contributed by atoms with Crippen molar-refractivity contribution in [1.82, 2.24) is 4.90 Å². The van der Waals surface area contributed by atoms with E-state index in [4.69, 9.17) is 4.74 Å². The summed E-state index contributed by atoms with van der Waals surface area (Å²) < 4.78 is 5.29. The average molecular weight is 411 g/mol. The van der Waals surface area contributed by atoms with E-state index in [-0.39, 0.29) is 30.5 Å². The fourth-order valence-electron chi connectivity index (χ4n) is 2.91. The summed E-state index contributed by atoms with van der Waals surface area (Å²) in [6.07, 6.45) is 0.244. The third kappa shape index (κ3) is 7.44. The van der Waals surface area contributed by atoms with Crippen molar-refractivity contribution >= 4 is 23.3 Å². The zero-order valence-electron chi connectivity index (χ0n) is 17.9. The maximum absolute atomic E-state index is 12.2. The Morgan fingerprint density at radius 2 is 1.47 bits per heavy atom. The number of carbonyl (C=O) groups is 3. The molecule has 6 nitrogen and oxygen atoms in total. The molecular weight excluding hydrogens is 380 g/mol. The van der Waals surface area contributed by atoms with Crippen molar-refractivity contribution in [3.8, 4) is 0 Å². The monoisotopic (exact) mass is 410 g/mol. The van der Waals surface area contributed by atoms with Crippen molar-refractivity contribution in [1.29, 1.82) is 0 Å². The van der Waals surface area contributed by atoms with Crippen LogP contribution in [0.4, 0.5) is 5.69 Å². The summed E-state index contributed by atoms with van der Waals surface area (Å²) in [5, 5.41) is 2.75. The van der Waals surface area contributed by atoms with Gasteiger partial charge in [0.15, 0.2) is 5.78 Å². The van der Waals surface area contributed by atoms with Gasteiger partial charge in [0.1, 0.15) is 6.61 Å². The van der Waals surface area contributed by atoms with Crippen molar-refractivity contribution in [2.24, 2.45) is 0 Å². The van der Waals surface area contributed by atoms with Gasteiger partial charge in [-0.15, -0.1) is 0 Å². The number of Topliss-reactive ketones (excluding diaryl/α,β-unsaturated/α-hetero) is 1. The van der Waals surface area contributed by atoms with Gasteiger partial charge in [0, 0.05) is 30.6 Å². The van der Waals surface area contributed by atoms with Crippen LogP contribution in [-0.4, -0.2) is 48.8 Å². The van der Waals surface area contributed by atoms with Gasteiger partial charge in [-0.2, -0.15) is 0 Å². The third-order valence-electron chi connectivity index (χ3n) is 4.89. The lowest BCUT2D eigenvalue weighted by Gasteiger charge is -2.17. The summed E-state index contributed by atoms with van der Waals surface area (Å²) in [4.78, 5) is 38.6. The van der Waals surface area contributed by atoms with E-state index < -0.39 is 0 Å². The van der Waals surface area contributed by atoms with Gasteiger partial charge in [-0.05, 0) is 44.3 Å². The number of likely N-dealkylation sites (N-methyl/N-ethyl adjacent to an activating group) is 1. The predicted octanol–water partition coefficient (Wildman–Crippen LogP) is 4.10. The molecule has 0 bridgehead atoms. The molecule has 0 radical (unpaired) electrons. The quantitative estimate of drug-likeness (QED) is 0.446. The summed E-state index contributed by atoms with van der Waals surface area (Å²) in [6.45, 7) is 8.97. The number of aryl methyl sites for hydroxylation is 1. The predicted molar refractivity (Wildman–Crippen MR) is 118 cm³/mol. The molecule has 0 aliphatic carbocycles. The van der Waals surface area contributed by atoms with Crippen LogP contribution in [0.15, 0.2) is 48.5 Å². The highest BCUT2D eigenvalue weighted by atomic mass is 16.5. The number of ketones is 1. The highest BCUT2D eigenvalue weighted by Crippen LogP contribution is 2.13. The van der Waals surface area contributed by atoms with E-state index in [0.717, 1.165) is 18.7 Å². The van der Waals surface area contributed by atoms with Gasteiger partial charge >= 0.3 is 5.97 Å². The molecule has 0 aliphatic rings. The number of carbonyl (C=O) groups excluding carboxylic acids is 3. The molecule has 0 fully saturated rings. The Kier molecular flexibility index (Phi) is 9.22. The number of nitrogens with zero attached hydrogens (tertiary/aromatic N) is 1. The number of ether oxygens (including phenoxy) is 1. The minimum Gasteiger partial charge on any atom is -0.461 e. The van der Waals surface area contributed by atoms with Crippen LogP contribution in [-0.2, 0) is 9.53 Å². The maximum atomic E-state index is 12.2. The van der Waals surface area contributed by atoms with Crippen molar-refractivity contribution in [3.63, 3.8) is 0 Å². The Morgan fingerprint density at radius 1 is 0.867 bits per heavy atom. The molecule has 2 aromatic rings. The van der Waals surface area contributed by atoms with Crippen molar-refractivity contribution < 1.29 is 19.1 Å². The van der Waals surface area contributed by atoms with Crippen LogP contribution in [0.1, 0.15) is 53.0 Å². The second-order valence-corrected chi connectivity index (χ2v) is 7.08. The molecule has 0 aliphatic heterocycles. The lowest BCUT2D eigenvalue weighted by atomic mass is 10.0. The number of rotatable bonds is 11. The van der Waals surface area contributed by atoms with E-state index in [1.807, 2.05) is 19.1 Å². The Labute approximate surface area is 178 Å². The Hall–Kier alpha value is -2.99. The van der Waals surface area contributed by atoms with Gasteiger partial charge in [0.2, 0.25) is 5.91 Å². The zero-order valence-corrected chi connectivity index (χ0v) is 17.9. The minimum atomic E-state index is -0.385. The van der Waals surface area contributed by atoms with Gasteiger partial charge in [-0.3, -0.25) is 9.59 Å². The largest absolute Gasteiger partial charge is 0.461 e. The molecule has 160 valence electrons. The molecule has 30 heavy (non-hydrogen) atoms. The van der Waals surface area contributed by atoms with Crippen LogP contribution in [0.3, 0.4) is 0 Å². The number of hydrogen-bond acceptors (Lipinski definition) is 5. The number of hydrogen-bond donors (Lipinski definition) is 1. The Bertz CT molecular complexity index is 841. The minimum absolute atomic E-state index is 0.0621. The lowest BCUT2D eigenvalue weighted by Crippen LogP contribution is -2.27. The first-order valence-electron chi connectivity index (χ1n) is 10.3. The molecule has 0 atom stereocenters. The summed E-state index contributed by atoms with van der Waals surface area (Å²) in [5.41, 5.74) is 2.70. The van der Waals surface area contributed by atoms with Crippen LogP contribution >= 0.6 is 0 Å². The topological polar surface area (TPSA) is 75.7 Å². The van der Waals surface area contributed by atoms with Crippen molar-refractivity contribution in [2.45, 2.75) is 33.6 Å². The van der Waals surface area contributed by atoms with Crippen LogP contribution in [0, 0.1) is 6.92 Å². The number of nitrogens with one attached hydrogen (secondary N) is 1. The van der Waals surface area contributed by atoms with E-state index >= 15 is 0 Å². The van der Waals surface area contributed by atoms with Gasteiger partial charge in [-0.25, -0.2) is 4.79 Å². The fraction of sp³-hybridized carbons (Fsp3) is 0.375. The van der Waals surface area contributed by atoms with E-state index in [0.29, 0.717) is 30.0 Å². The van der Waals surface area contributed by atoms with Crippen LogP contribution in [0.2, 0.25) is 0 Å². The van der Waals surface area contributed by atoms with Crippen molar-refractivity contribution in [3.05, 3.63) is 65.2 Å². The smallest absolute Gasteiger partial charge is 0.338 e. The van der Waals surface area contributed by atoms with E-state index in [2.05, 4.69) is 24.1 Å². The normalized spacial score (nSPS) is 10.7. The molecule has 0 saturated heterocycles. The first kappa shape index (κ1) is 23.3. The summed E-state index contributed by atoms with van der Waals surface area (Å²) >= 11 is 0. The molecular formula is C24H30N2O4. The SMILES string of the molecule is CCN(CC)CCOC(=O)c1ccc(NC(=O)CCC(=O)c2ccc(C)cc2)cc1. The zero-order chi connectivity index (χ0) is 21.9. The van der Waals surface area contributed by atoms with E-state index in [1.54, 1.807) is 36.4 Å². The average Bonchev–Trinajstić information content (AvgIpc) is 2.76. The first-order chi connectivity index (χ1) is 14.4. The molecule has 2 aromatic carbocycles. The van der Waals surface area contributed by atoms with Gasteiger partial charge < -0.3 is 15.0 Å². The molecule has 2 rings (SSSR count). The molecule has 0 aromatic heterocycles. The Balaban J connectivity index is 1.77. The standard InChI is InChI=1S/C24H30N2O4/c1-4-26(5-2)16-17-30-24(29)20-10-12-21(13-11-20)25-23(28)15-14-22(27)19-8-6-18(3)7-9-19/h6-13H,4-5,14-17H2,1-3H3,(H,25,28). The van der Waals surface area contributed by atoms with Crippen LogP contribution < -0.4 is 5.32 Å². The molecule has 6 heteroatoms. The fourth-order valence-corrected chi connectivity index (χ4v) is 2.91. The molecule has 1 N–H and O–H groups in total. The number of benzene rings is 2. The Morgan fingerprint density at radius 3 is 2.07 bits per heavy atom. The second-order valence-electron chi connectivity index (χ2n) is 7.08. The van der Waals surface area contributed by atoms with Crippen LogP contribution in [0.25, 0.3) is 0 Å². The molecule has 0 saturated carbocycles. The highest BCUT2D eigenvalue weighted by Gasteiger charge is 2.11. The highest BCUT2D eigenvalue weighted by molar-refractivity contribution is 6.00. The second kappa shape index (κ2) is 11.9. The number of amides is 1. The van der Waals surface area contributed by atoms with Crippen molar-refractivity contribution in [2.75, 3.05) is 31.6 Å². The summed E-state index contributed by atoms with van der Waals surface area (Å²) in [7, 11) is 0. The van der Waals surface area contributed by atoms with Gasteiger partial charge in [-0.1, -0.05) is 43.7 Å². The van der Waals surface area contributed by atoms with Gasteiger partial charge in [0.25, 0.3) is 0 Å². The lowest BCUT2D eigenvalue weighted by molar-refractivity contribution is -0.116. The number of anilines is 1. The van der Waals surface area contributed by atoms with Crippen LogP contribution in [0.5, 0.6) is 0 Å². The molecule has 0 spiro atoms. The van der Waals surface area contributed by atoms with E-state index in [9.17, 15) is 14.4 Å². The first-order valence-corrected chi connectivity index (χ1v) is 10.3.